The van der Waals surface area contributed by atoms with Crippen molar-refractivity contribution < 1.29 is 14.3 Å². The van der Waals surface area contributed by atoms with Crippen LogP contribution < -0.4 is 0 Å². The summed E-state index contributed by atoms with van der Waals surface area (Å²) in [7, 11) is 0. The zero-order valence-electron chi connectivity index (χ0n) is 11.4. The summed E-state index contributed by atoms with van der Waals surface area (Å²) in [5.41, 5.74) is -0.177. The van der Waals surface area contributed by atoms with Crippen molar-refractivity contribution in [3.8, 4) is 0 Å². The van der Waals surface area contributed by atoms with Gasteiger partial charge in [-0.2, -0.15) is 0 Å². The molecule has 2 aliphatic rings. The normalized spacial score (nSPS) is 27.2. The average Bonchev–Trinajstić information content (AvgIpc) is 2.37. The maximum Gasteiger partial charge on any atom is 0.306 e. The molecule has 2 aliphatic carbocycles. The third kappa shape index (κ3) is 2.60. The van der Waals surface area contributed by atoms with Crippen LogP contribution in [0, 0.1) is 11.3 Å². The quantitative estimate of drug-likeness (QED) is 0.724. The van der Waals surface area contributed by atoms with Gasteiger partial charge < -0.3 is 4.74 Å². The second-order valence-corrected chi connectivity index (χ2v) is 5.74. The first-order chi connectivity index (χ1) is 8.69. The summed E-state index contributed by atoms with van der Waals surface area (Å²) in [5.74, 6) is 0.531. The molecule has 3 nitrogen and oxygen atoms in total. The summed E-state index contributed by atoms with van der Waals surface area (Å²) < 4.78 is 5.06. The summed E-state index contributed by atoms with van der Waals surface area (Å²) in [6, 6.07) is 0. The molecule has 3 heteroatoms. The molecule has 0 aromatic rings. The molecule has 2 saturated carbocycles. The first-order valence-electron chi connectivity index (χ1n) is 7.38. The number of hydrogen-bond acceptors (Lipinski definition) is 3. The van der Waals surface area contributed by atoms with Crippen LogP contribution in [0.25, 0.3) is 0 Å². The molecule has 18 heavy (non-hydrogen) atoms. The van der Waals surface area contributed by atoms with Gasteiger partial charge in [0.05, 0.1) is 6.61 Å². The molecule has 0 amide bonds. The number of hydrogen-bond donors (Lipinski definition) is 0. The van der Waals surface area contributed by atoms with Gasteiger partial charge in [0.2, 0.25) is 0 Å². The molecule has 0 aromatic carbocycles. The second kappa shape index (κ2) is 5.85. The third-order valence-electron chi connectivity index (χ3n) is 4.76. The highest BCUT2D eigenvalue weighted by molar-refractivity contribution is 5.86. The van der Waals surface area contributed by atoms with Gasteiger partial charge in [-0.3, -0.25) is 9.59 Å². The predicted molar refractivity (Wildman–Crippen MR) is 69.1 cm³/mol. The van der Waals surface area contributed by atoms with E-state index in [1.165, 1.54) is 6.42 Å². The van der Waals surface area contributed by atoms with E-state index in [9.17, 15) is 9.59 Å². The molecule has 102 valence electrons. The van der Waals surface area contributed by atoms with E-state index >= 15 is 0 Å². The Morgan fingerprint density at radius 1 is 1.28 bits per heavy atom. The number of Topliss-reactive ketones (excluding diaryl/α,β-unsaturated/α-hetero) is 1. The van der Waals surface area contributed by atoms with Crippen LogP contribution in [0.1, 0.15) is 64.7 Å². The van der Waals surface area contributed by atoms with Crippen molar-refractivity contribution in [3.63, 3.8) is 0 Å². The topological polar surface area (TPSA) is 43.4 Å². The molecule has 2 fully saturated rings. The molecule has 1 spiro atoms. The summed E-state index contributed by atoms with van der Waals surface area (Å²) in [6.07, 6.45) is 8.65. The zero-order chi connectivity index (χ0) is 13.0. The highest BCUT2D eigenvalue weighted by Crippen LogP contribution is 2.50. The molecule has 0 heterocycles. The van der Waals surface area contributed by atoms with Crippen molar-refractivity contribution in [1.82, 2.24) is 0 Å². The lowest BCUT2D eigenvalue weighted by Gasteiger charge is -2.45. The summed E-state index contributed by atoms with van der Waals surface area (Å²) >= 11 is 0. The van der Waals surface area contributed by atoms with E-state index in [-0.39, 0.29) is 17.3 Å². The monoisotopic (exact) mass is 252 g/mol. The van der Waals surface area contributed by atoms with Crippen molar-refractivity contribution in [2.45, 2.75) is 64.7 Å². The molecule has 0 aromatic heterocycles. The summed E-state index contributed by atoms with van der Waals surface area (Å²) in [5, 5.41) is 0. The van der Waals surface area contributed by atoms with Crippen molar-refractivity contribution in [2.24, 2.45) is 11.3 Å². The van der Waals surface area contributed by atoms with E-state index in [1.807, 2.05) is 6.92 Å². The average molecular weight is 252 g/mol. The van der Waals surface area contributed by atoms with E-state index in [4.69, 9.17) is 4.74 Å². The highest BCUT2D eigenvalue weighted by atomic mass is 16.5. The number of ketones is 1. The third-order valence-corrected chi connectivity index (χ3v) is 4.76. The number of carbonyl (C=O) groups excluding carboxylic acids is 2. The van der Waals surface area contributed by atoms with E-state index in [1.54, 1.807) is 0 Å². The molecule has 0 radical (unpaired) electrons. The van der Waals surface area contributed by atoms with Gasteiger partial charge in [0.25, 0.3) is 0 Å². The standard InChI is InChI=1S/C15H24O3/c1-2-18-14(17)11-12-7-6-8-13(16)15(12)9-4-3-5-10-15/h12H,2-11H2,1H3/t12-/m1/s1. The predicted octanol–water partition coefficient (Wildman–Crippen LogP) is 3.26. The number of carbonyl (C=O) groups is 2. The van der Waals surface area contributed by atoms with Gasteiger partial charge in [-0.1, -0.05) is 19.3 Å². The number of esters is 1. The maximum atomic E-state index is 12.4. The molecule has 0 N–H and O–H groups in total. The van der Waals surface area contributed by atoms with E-state index in [0.717, 1.165) is 44.9 Å². The van der Waals surface area contributed by atoms with Crippen LogP contribution in [-0.4, -0.2) is 18.4 Å². The van der Waals surface area contributed by atoms with Crippen LogP contribution >= 0.6 is 0 Å². The Morgan fingerprint density at radius 3 is 2.67 bits per heavy atom. The van der Waals surface area contributed by atoms with Crippen LogP contribution in [0.2, 0.25) is 0 Å². The Labute approximate surface area is 109 Å². The minimum Gasteiger partial charge on any atom is -0.466 e. The number of rotatable bonds is 3. The Hall–Kier alpha value is -0.860. The maximum absolute atomic E-state index is 12.4. The van der Waals surface area contributed by atoms with Gasteiger partial charge in [0, 0.05) is 18.3 Å². The van der Waals surface area contributed by atoms with Crippen LogP contribution in [0.4, 0.5) is 0 Å². The van der Waals surface area contributed by atoms with Crippen LogP contribution in [0.15, 0.2) is 0 Å². The molecule has 1 atom stereocenters. The fourth-order valence-corrected chi connectivity index (χ4v) is 3.85. The minimum atomic E-state index is -0.177. The van der Waals surface area contributed by atoms with Crippen molar-refractivity contribution in [2.75, 3.05) is 6.61 Å². The molecule has 2 rings (SSSR count). The van der Waals surface area contributed by atoms with Gasteiger partial charge in [-0.15, -0.1) is 0 Å². The molecule has 0 bridgehead atoms. The lowest BCUT2D eigenvalue weighted by atomic mass is 9.58. The second-order valence-electron chi connectivity index (χ2n) is 5.74. The van der Waals surface area contributed by atoms with Crippen LogP contribution in [0.3, 0.4) is 0 Å². The van der Waals surface area contributed by atoms with E-state index < -0.39 is 0 Å². The summed E-state index contributed by atoms with van der Waals surface area (Å²) in [4.78, 5) is 24.1. The lowest BCUT2D eigenvalue weighted by molar-refractivity contribution is -0.149. The van der Waals surface area contributed by atoms with Crippen molar-refractivity contribution >= 4 is 11.8 Å². The Balaban J connectivity index is 2.09. The first kappa shape index (κ1) is 13.6. The summed E-state index contributed by atoms with van der Waals surface area (Å²) in [6.45, 7) is 2.27. The van der Waals surface area contributed by atoms with Crippen LogP contribution in [0.5, 0.6) is 0 Å². The van der Waals surface area contributed by atoms with Gasteiger partial charge >= 0.3 is 5.97 Å². The lowest BCUT2D eigenvalue weighted by Crippen LogP contribution is -2.44. The van der Waals surface area contributed by atoms with Crippen molar-refractivity contribution in [1.29, 1.82) is 0 Å². The smallest absolute Gasteiger partial charge is 0.306 e. The highest BCUT2D eigenvalue weighted by Gasteiger charge is 2.47. The van der Waals surface area contributed by atoms with Gasteiger partial charge in [0.1, 0.15) is 5.78 Å². The Kier molecular flexibility index (Phi) is 4.41. The van der Waals surface area contributed by atoms with E-state index in [2.05, 4.69) is 0 Å². The van der Waals surface area contributed by atoms with Crippen LogP contribution in [-0.2, 0) is 14.3 Å². The fourth-order valence-electron chi connectivity index (χ4n) is 3.85. The van der Waals surface area contributed by atoms with Gasteiger partial charge in [-0.05, 0) is 38.5 Å². The van der Waals surface area contributed by atoms with Gasteiger partial charge in [-0.25, -0.2) is 0 Å². The molecule has 0 unspecified atom stereocenters. The fraction of sp³-hybridized carbons (Fsp3) is 0.867. The SMILES string of the molecule is CCOC(=O)C[C@H]1CCCC(=O)C12CCCCC2. The van der Waals surface area contributed by atoms with Gasteiger partial charge in [0.15, 0.2) is 0 Å². The molecular formula is C15H24O3. The Bertz CT molecular complexity index is 316. The zero-order valence-corrected chi connectivity index (χ0v) is 11.4. The molecule has 0 aliphatic heterocycles. The molecule has 0 saturated heterocycles. The van der Waals surface area contributed by atoms with Crippen molar-refractivity contribution in [3.05, 3.63) is 0 Å². The minimum absolute atomic E-state index is 0.123. The largest absolute Gasteiger partial charge is 0.466 e. The van der Waals surface area contributed by atoms with E-state index in [0.29, 0.717) is 18.8 Å². The number of ether oxygens (including phenoxy) is 1. The molecular weight excluding hydrogens is 228 g/mol. The first-order valence-corrected chi connectivity index (χ1v) is 7.38. The Morgan fingerprint density at radius 2 is 2.00 bits per heavy atom.